The Hall–Kier alpha value is -4.61. The van der Waals surface area contributed by atoms with Gasteiger partial charge in [0.25, 0.3) is 11.8 Å². The number of fused-ring (bicyclic) bond motifs is 7. The molecule has 0 aromatic heterocycles. The standard InChI is InChI=1S/C30H27F4N3O5/c31-24-9-6-20-13-23(24)29(40)36-25-15-37(28(39)10-11-30(32,33)34)16-26(25)42-21-7-4-18(5-8-21)14-35-27(38)17-41-22-3-1-2-19(20)12-22/h1-9,12-13,25-26H,10-11,14-17H2,(H,35,38)(H,36,40)/t25-,26-/m0/s1. The fourth-order valence-electron chi connectivity index (χ4n) is 4.79. The second kappa shape index (κ2) is 12.1. The number of carbonyl (C=O) groups excluding carboxylic acids is 3. The molecular weight excluding hydrogens is 558 g/mol. The van der Waals surface area contributed by atoms with E-state index >= 15 is 0 Å². The number of likely N-dealkylation sites (tertiary alicyclic amines) is 1. The predicted molar refractivity (Wildman–Crippen MR) is 143 cm³/mol. The van der Waals surface area contributed by atoms with Gasteiger partial charge < -0.3 is 25.0 Å². The van der Waals surface area contributed by atoms with Crippen LogP contribution in [0.3, 0.4) is 0 Å². The number of amides is 3. The first-order valence-electron chi connectivity index (χ1n) is 13.2. The maximum atomic E-state index is 14.9. The van der Waals surface area contributed by atoms with Crippen molar-refractivity contribution in [1.29, 1.82) is 0 Å². The molecular formula is C30H27F4N3O5. The second-order valence-corrected chi connectivity index (χ2v) is 10.1. The van der Waals surface area contributed by atoms with Crippen molar-refractivity contribution in [3.8, 4) is 22.6 Å². The van der Waals surface area contributed by atoms with Crippen molar-refractivity contribution < 1.29 is 41.4 Å². The topological polar surface area (TPSA) is 97.0 Å². The average molecular weight is 586 g/mol. The third-order valence-corrected chi connectivity index (χ3v) is 7.01. The van der Waals surface area contributed by atoms with Crippen molar-refractivity contribution in [3.63, 3.8) is 0 Å². The lowest BCUT2D eigenvalue weighted by molar-refractivity contribution is -0.148. The summed E-state index contributed by atoms with van der Waals surface area (Å²) < 4.78 is 64.7. The van der Waals surface area contributed by atoms with Gasteiger partial charge in [0.15, 0.2) is 6.61 Å². The summed E-state index contributed by atoms with van der Waals surface area (Å²) in [7, 11) is 0. The van der Waals surface area contributed by atoms with Gasteiger partial charge in [0.2, 0.25) is 5.91 Å². The van der Waals surface area contributed by atoms with Crippen molar-refractivity contribution in [2.24, 2.45) is 0 Å². The first-order chi connectivity index (χ1) is 20.0. The highest BCUT2D eigenvalue weighted by molar-refractivity contribution is 5.96. The molecule has 3 aliphatic heterocycles. The number of benzene rings is 3. The Labute approximate surface area is 238 Å². The van der Waals surface area contributed by atoms with E-state index in [9.17, 15) is 31.9 Å². The molecule has 0 aliphatic carbocycles. The molecule has 3 aliphatic rings. The van der Waals surface area contributed by atoms with Crippen LogP contribution in [0, 0.1) is 5.82 Å². The molecule has 1 saturated heterocycles. The Morgan fingerprint density at radius 1 is 0.952 bits per heavy atom. The molecule has 6 rings (SSSR count). The summed E-state index contributed by atoms with van der Waals surface area (Å²) in [5.41, 5.74) is 1.62. The number of nitrogens with one attached hydrogen (secondary N) is 2. The van der Waals surface area contributed by atoms with E-state index in [1.54, 1.807) is 48.5 Å². The fourth-order valence-corrected chi connectivity index (χ4v) is 4.79. The highest BCUT2D eigenvalue weighted by Crippen LogP contribution is 2.28. The molecule has 2 N–H and O–H groups in total. The normalized spacial score (nSPS) is 19.2. The van der Waals surface area contributed by atoms with Crippen molar-refractivity contribution in [1.82, 2.24) is 15.5 Å². The summed E-state index contributed by atoms with van der Waals surface area (Å²) in [4.78, 5) is 39.5. The van der Waals surface area contributed by atoms with Crippen molar-refractivity contribution in [2.45, 2.75) is 37.7 Å². The number of carbonyl (C=O) groups is 3. The summed E-state index contributed by atoms with van der Waals surface area (Å²) in [5.74, 6) is -1.86. The molecule has 1 fully saturated rings. The minimum Gasteiger partial charge on any atom is -0.486 e. The van der Waals surface area contributed by atoms with E-state index in [0.717, 1.165) is 11.6 Å². The molecule has 6 bridgehead atoms. The minimum absolute atomic E-state index is 0.0746. The molecule has 3 aromatic carbocycles. The van der Waals surface area contributed by atoms with E-state index in [1.807, 2.05) is 0 Å². The summed E-state index contributed by atoms with van der Waals surface area (Å²) in [5, 5.41) is 5.48. The van der Waals surface area contributed by atoms with Crippen LogP contribution in [0.5, 0.6) is 11.5 Å². The van der Waals surface area contributed by atoms with Gasteiger partial charge in [0.1, 0.15) is 23.4 Å². The van der Waals surface area contributed by atoms with Crippen LogP contribution >= 0.6 is 0 Å². The molecule has 220 valence electrons. The van der Waals surface area contributed by atoms with Gasteiger partial charge in [-0.25, -0.2) is 4.39 Å². The van der Waals surface area contributed by atoms with E-state index < -0.39 is 48.8 Å². The number of hydrogen-bond acceptors (Lipinski definition) is 5. The van der Waals surface area contributed by atoms with E-state index in [2.05, 4.69) is 10.6 Å². The third-order valence-electron chi connectivity index (χ3n) is 7.01. The van der Waals surface area contributed by atoms with Gasteiger partial charge >= 0.3 is 6.18 Å². The third kappa shape index (κ3) is 7.17. The molecule has 0 saturated carbocycles. The molecule has 0 radical (unpaired) electrons. The average Bonchev–Trinajstić information content (AvgIpc) is 3.35. The maximum absolute atomic E-state index is 14.9. The molecule has 3 aromatic rings. The molecule has 12 heteroatoms. The number of halogens is 4. The van der Waals surface area contributed by atoms with Gasteiger partial charge in [-0.2, -0.15) is 13.2 Å². The lowest BCUT2D eigenvalue weighted by Gasteiger charge is -2.21. The molecule has 3 heterocycles. The lowest BCUT2D eigenvalue weighted by Crippen LogP contribution is -2.45. The quantitative estimate of drug-likeness (QED) is 0.439. The minimum atomic E-state index is -4.49. The first-order valence-corrected chi connectivity index (χ1v) is 13.2. The largest absolute Gasteiger partial charge is 0.486 e. The van der Waals surface area contributed by atoms with Crippen molar-refractivity contribution >= 4 is 17.7 Å². The molecule has 2 atom stereocenters. The number of alkyl halides is 3. The van der Waals surface area contributed by atoms with Gasteiger partial charge in [-0.3, -0.25) is 14.4 Å². The highest BCUT2D eigenvalue weighted by atomic mass is 19.4. The Morgan fingerprint density at radius 2 is 1.71 bits per heavy atom. The lowest BCUT2D eigenvalue weighted by atomic mass is 10.0. The second-order valence-electron chi connectivity index (χ2n) is 10.1. The number of ether oxygens (including phenoxy) is 2. The summed E-state index contributed by atoms with van der Waals surface area (Å²) in [6.07, 6.45) is -7.32. The monoisotopic (exact) mass is 585 g/mol. The number of rotatable bonds is 2. The summed E-state index contributed by atoms with van der Waals surface area (Å²) in [6, 6.07) is 16.6. The Bertz CT molecular complexity index is 1480. The van der Waals surface area contributed by atoms with Gasteiger partial charge in [0.05, 0.1) is 24.6 Å². The van der Waals surface area contributed by atoms with Crippen LogP contribution in [-0.2, 0) is 16.1 Å². The summed E-state index contributed by atoms with van der Waals surface area (Å²) in [6.45, 7) is -0.194. The Balaban J connectivity index is 1.45. The van der Waals surface area contributed by atoms with Crippen LogP contribution in [0.2, 0.25) is 0 Å². The predicted octanol–water partition coefficient (Wildman–Crippen LogP) is 4.23. The van der Waals surface area contributed by atoms with Crippen LogP contribution < -0.4 is 20.1 Å². The summed E-state index contributed by atoms with van der Waals surface area (Å²) >= 11 is 0. The van der Waals surface area contributed by atoms with Crippen LogP contribution in [0.1, 0.15) is 28.8 Å². The number of hydrogen-bond donors (Lipinski definition) is 2. The zero-order valence-electron chi connectivity index (χ0n) is 22.2. The first kappa shape index (κ1) is 28.9. The van der Waals surface area contributed by atoms with Gasteiger partial charge in [0, 0.05) is 19.5 Å². The van der Waals surface area contributed by atoms with E-state index in [-0.39, 0.29) is 37.7 Å². The smallest absolute Gasteiger partial charge is 0.389 e. The van der Waals surface area contributed by atoms with E-state index in [4.69, 9.17) is 9.47 Å². The van der Waals surface area contributed by atoms with Crippen molar-refractivity contribution in [3.05, 3.63) is 83.7 Å². The molecule has 0 unspecified atom stereocenters. The van der Waals surface area contributed by atoms with Crippen LogP contribution in [0.25, 0.3) is 11.1 Å². The molecule has 42 heavy (non-hydrogen) atoms. The van der Waals surface area contributed by atoms with Crippen LogP contribution in [0.4, 0.5) is 17.6 Å². The number of nitrogens with zero attached hydrogens (tertiary/aromatic N) is 1. The molecule has 8 nitrogen and oxygen atoms in total. The molecule has 3 amide bonds. The van der Waals surface area contributed by atoms with Crippen molar-refractivity contribution in [2.75, 3.05) is 19.7 Å². The van der Waals surface area contributed by atoms with Gasteiger partial charge in [-0.15, -0.1) is 0 Å². The zero-order valence-corrected chi connectivity index (χ0v) is 22.2. The van der Waals surface area contributed by atoms with Crippen LogP contribution in [0.15, 0.2) is 66.7 Å². The van der Waals surface area contributed by atoms with E-state index in [0.29, 0.717) is 22.6 Å². The van der Waals surface area contributed by atoms with Gasteiger partial charge in [-0.1, -0.05) is 30.3 Å². The Morgan fingerprint density at radius 3 is 2.48 bits per heavy atom. The van der Waals surface area contributed by atoms with E-state index in [1.165, 1.54) is 17.0 Å². The van der Waals surface area contributed by atoms with Crippen LogP contribution in [-0.4, -0.2) is 60.6 Å². The fraction of sp³-hybridized carbons (Fsp3) is 0.300. The van der Waals surface area contributed by atoms with Gasteiger partial charge in [-0.05, 0) is 53.1 Å². The highest BCUT2D eigenvalue weighted by Gasteiger charge is 2.39. The molecule has 0 spiro atoms. The maximum Gasteiger partial charge on any atom is 0.389 e. The zero-order chi connectivity index (χ0) is 29.9. The SMILES string of the molecule is O=C1COc2cccc(c2)-c2ccc(F)c(c2)C(=O)N[C@H]2CN(C(=O)CCC(F)(F)F)C[C@@H]2Oc2ccc(cc2)CN1. The Kier molecular flexibility index (Phi) is 8.32.